The molecule has 1 aromatic carbocycles. The van der Waals surface area contributed by atoms with Gasteiger partial charge in [-0.3, -0.25) is 0 Å². The zero-order chi connectivity index (χ0) is 13.8. The Kier molecular flexibility index (Phi) is 5.12. The topological polar surface area (TPSA) is 15.3 Å². The summed E-state index contributed by atoms with van der Waals surface area (Å²) in [5.41, 5.74) is 2.45. The second-order valence-corrected chi connectivity index (χ2v) is 6.01. The molecule has 1 N–H and O–H groups in total. The highest BCUT2D eigenvalue weighted by molar-refractivity contribution is 6.31. The highest BCUT2D eigenvalue weighted by Crippen LogP contribution is 2.31. The van der Waals surface area contributed by atoms with Gasteiger partial charge < -0.3 is 10.2 Å². The molecule has 1 fully saturated rings. The Morgan fingerprint density at radius 1 is 1.47 bits per heavy atom. The van der Waals surface area contributed by atoms with E-state index in [0.717, 1.165) is 10.9 Å². The zero-order valence-corrected chi connectivity index (χ0v) is 13.0. The molecule has 1 aliphatic rings. The van der Waals surface area contributed by atoms with Gasteiger partial charge in [0.2, 0.25) is 0 Å². The lowest BCUT2D eigenvalue weighted by Gasteiger charge is -2.21. The number of hydrogen-bond donors (Lipinski definition) is 1. The normalized spacial score (nSPS) is 20.8. The van der Waals surface area contributed by atoms with E-state index in [1.165, 1.54) is 43.6 Å². The first-order valence-electron chi connectivity index (χ1n) is 7.37. The summed E-state index contributed by atoms with van der Waals surface area (Å²) in [6.07, 6.45) is 3.96. The van der Waals surface area contributed by atoms with E-state index in [2.05, 4.69) is 42.3 Å². The van der Waals surface area contributed by atoms with Gasteiger partial charge in [0.25, 0.3) is 0 Å². The van der Waals surface area contributed by atoms with Crippen LogP contribution >= 0.6 is 11.6 Å². The van der Waals surface area contributed by atoms with Crippen LogP contribution in [-0.2, 0) is 0 Å². The summed E-state index contributed by atoms with van der Waals surface area (Å²) in [5, 5.41) is 4.11. The maximum Gasteiger partial charge on any atom is 0.0474 e. The van der Waals surface area contributed by atoms with Crippen molar-refractivity contribution in [2.75, 3.05) is 25.0 Å². The van der Waals surface area contributed by atoms with Gasteiger partial charge in [-0.25, -0.2) is 0 Å². The summed E-state index contributed by atoms with van der Waals surface area (Å²) in [5.74, 6) is 0.861. The van der Waals surface area contributed by atoms with Gasteiger partial charge in [0.1, 0.15) is 0 Å². The molecule has 0 aromatic heterocycles. The SMILES string of the molecule is CCCC1CCN(c2ccc(C(C)NC)c(Cl)c2)C1. The first-order valence-corrected chi connectivity index (χ1v) is 7.75. The van der Waals surface area contributed by atoms with Crippen LogP contribution < -0.4 is 10.2 Å². The number of halogens is 1. The average Bonchev–Trinajstić information content (AvgIpc) is 2.87. The third-order valence-corrected chi connectivity index (χ3v) is 4.56. The number of nitrogens with zero attached hydrogens (tertiary/aromatic N) is 1. The number of rotatable bonds is 5. The molecule has 19 heavy (non-hydrogen) atoms. The molecule has 1 aliphatic heterocycles. The first-order chi connectivity index (χ1) is 9.15. The number of benzene rings is 1. The minimum atomic E-state index is 0.299. The zero-order valence-electron chi connectivity index (χ0n) is 12.2. The van der Waals surface area contributed by atoms with Crippen LogP contribution in [0.3, 0.4) is 0 Å². The van der Waals surface area contributed by atoms with Crippen LogP contribution in [0.25, 0.3) is 0 Å². The maximum absolute atomic E-state index is 6.41. The van der Waals surface area contributed by atoms with E-state index in [1.54, 1.807) is 0 Å². The van der Waals surface area contributed by atoms with Gasteiger partial charge in [0.05, 0.1) is 0 Å². The van der Waals surface area contributed by atoms with Crippen molar-refractivity contribution >= 4 is 17.3 Å². The summed E-state index contributed by atoms with van der Waals surface area (Å²) in [6, 6.07) is 6.79. The van der Waals surface area contributed by atoms with Gasteiger partial charge in [-0.2, -0.15) is 0 Å². The van der Waals surface area contributed by atoms with Crippen LogP contribution in [0, 0.1) is 5.92 Å². The van der Waals surface area contributed by atoms with Crippen molar-refractivity contribution in [2.45, 2.75) is 39.2 Å². The van der Waals surface area contributed by atoms with Crippen LogP contribution in [0.2, 0.25) is 5.02 Å². The summed E-state index contributed by atoms with van der Waals surface area (Å²) in [6.45, 7) is 6.76. The Hall–Kier alpha value is -0.730. The summed E-state index contributed by atoms with van der Waals surface area (Å²) < 4.78 is 0. The highest BCUT2D eigenvalue weighted by atomic mass is 35.5. The Morgan fingerprint density at radius 2 is 2.26 bits per heavy atom. The second-order valence-electron chi connectivity index (χ2n) is 5.61. The van der Waals surface area contributed by atoms with Gasteiger partial charge in [-0.15, -0.1) is 0 Å². The van der Waals surface area contributed by atoms with E-state index < -0.39 is 0 Å². The van der Waals surface area contributed by atoms with Crippen LogP contribution in [0.4, 0.5) is 5.69 Å². The molecule has 2 unspecified atom stereocenters. The lowest BCUT2D eigenvalue weighted by molar-refractivity contribution is 0.530. The van der Waals surface area contributed by atoms with Crippen molar-refractivity contribution in [3.05, 3.63) is 28.8 Å². The second kappa shape index (κ2) is 6.62. The van der Waals surface area contributed by atoms with Crippen LogP contribution in [0.15, 0.2) is 18.2 Å². The molecule has 0 saturated carbocycles. The van der Waals surface area contributed by atoms with E-state index >= 15 is 0 Å². The van der Waals surface area contributed by atoms with E-state index in [1.807, 2.05) is 7.05 Å². The van der Waals surface area contributed by atoms with Gasteiger partial charge in [0, 0.05) is 29.8 Å². The lowest BCUT2D eigenvalue weighted by atomic mass is 10.0. The Morgan fingerprint density at radius 3 is 2.89 bits per heavy atom. The van der Waals surface area contributed by atoms with Crippen molar-refractivity contribution in [3.8, 4) is 0 Å². The Labute approximate surface area is 122 Å². The van der Waals surface area contributed by atoms with Crippen molar-refractivity contribution in [2.24, 2.45) is 5.92 Å². The smallest absolute Gasteiger partial charge is 0.0474 e. The number of hydrogen-bond acceptors (Lipinski definition) is 2. The molecule has 2 atom stereocenters. The minimum Gasteiger partial charge on any atom is -0.371 e. The fourth-order valence-electron chi connectivity index (χ4n) is 2.93. The monoisotopic (exact) mass is 280 g/mol. The highest BCUT2D eigenvalue weighted by Gasteiger charge is 2.22. The third kappa shape index (κ3) is 3.43. The maximum atomic E-state index is 6.41. The van der Waals surface area contributed by atoms with Crippen molar-refractivity contribution in [3.63, 3.8) is 0 Å². The molecule has 1 saturated heterocycles. The molecule has 1 aromatic rings. The minimum absolute atomic E-state index is 0.299. The Balaban J connectivity index is 2.08. The van der Waals surface area contributed by atoms with Crippen molar-refractivity contribution in [1.29, 1.82) is 0 Å². The molecule has 106 valence electrons. The standard InChI is InChI=1S/C16H25ClN2/c1-4-5-13-8-9-19(11-13)14-6-7-15(12(2)18-3)16(17)10-14/h6-7,10,12-13,18H,4-5,8-9,11H2,1-3H3. The molecule has 2 rings (SSSR count). The fraction of sp³-hybridized carbons (Fsp3) is 0.625. The van der Waals surface area contributed by atoms with E-state index in [0.29, 0.717) is 6.04 Å². The lowest BCUT2D eigenvalue weighted by Crippen LogP contribution is -2.20. The van der Waals surface area contributed by atoms with Gasteiger partial charge >= 0.3 is 0 Å². The molecule has 0 amide bonds. The van der Waals surface area contributed by atoms with Crippen LogP contribution in [-0.4, -0.2) is 20.1 Å². The summed E-state index contributed by atoms with van der Waals surface area (Å²) in [4.78, 5) is 2.47. The predicted molar refractivity (Wildman–Crippen MR) is 84.2 cm³/mol. The quantitative estimate of drug-likeness (QED) is 0.867. The predicted octanol–water partition coefficient (Wildman–Crippen LogP) is 4.25. The van der Waals surface area contributed by atoms with E-state index in [9.17, 15) is 0 Å². The largest absolute Gasteiger partial charge is 0.371 e. The molecule has 1 heterocycles. The van der Waals surface area contributed by atoms with E-state index in [4.69, 9.17) is 11.6 Å². The van der Waals surface area contributed by atoms with Gasteiger partial charge in [0.15, 0.2) is 0 Å². The summed E-state index contributed by atoms with van der Waals surface area (Å²) in [7, 11) is 1.96. The number of anilines is 1. The first kappa shape index (κ1) is 14.7. The molecule has 3 heteroatoms. The van der Waals surface area contributed by atoms with Gasteiger partial charge in [-0.1, -0.05) is 31.0 Å². The Bertz CT molecular complexity index is 419. The fourth-order valence-corrected chi connectivity index (χ4v) is 3.27. The number of nitrogens with one attached hydrogen (secondary N) is 1. The van der Waals surface area contributed by atoms with E-state index in [-0.39, 0.29) is 0 Å². The van der Waals surface area contributed by atoms with Crippen molar-refractivity contribution < 1.29 is 0 Å². The van der Waals surface area contributed by atoms with Crippen molar-refractivity contribution in [1.82, 2.24) is 5.32 Å². The van der Waals surface area contributed by atoms with Crippen LogP contribution in [0.5, 0.6) is 0 Å². The molecule has 0 bridgehead atoms. The molecule has 2 nitrogen and oxygen atoms in total. The molecular weight excluding hydrogens is 256 g/mol. The molecule has 0 radical (unpaired) electrons. The van der Waals surface area contributed by atoms with Crippen LogP contribution in [0.1, 0.15) is 44.7 Å². The summed E-state index contributed by atoms with van der Waals surface area (Å²) >= 11 is 6.41. The molecule has 0 aliphatic carbocycles. The van der Waals surface area contributed by atoms with Gasteiger partial charge in [-0.05, 0) is 50.4 Å². The average molecular weight is 281 g/mol. The molecule has 0 spiro atoms. The molecular formula is C16H25ClN2. The third-order valence-electron chi connectivity index (χ3n) is 4.23.